The molecular formula is C30H28N2O6S. The van der Waals surface area contributed by atoms with E-state index in [1.54, 1.807) is 6.07 Å². The maximum absolute atomic E-state index is 13.5. The minimum Gasteiger partial charge on any atom is -0.485 e. The second-order valence-corrected chi connectivity index (χ2v) is 11.2. The summed E-state index contributed by atoms with van der Waals surface area (Å²) in [5, 5.41) is 10.5. The molecule has 9 heteroatoms. The van der Waals surface area contributed by atoms with E-state index >= 15 is 0 Å². The van der Waals surface area contributed by atoms with Crippen LogP contribution in [0.1, 0.15) is 40.1 Å². The van der Waals surface area contributed by atoms with Crippen molar-refractivity contribution in [3.63, 3.8) is 0 Å². The van der Waals surface area contributed by atoms with Gasteiger partial charge in [0.1, 0.15) is 23.1 Å². The zero-order valence-electron chi connectivity index (χ0n) is 21.8. The number of hydrogen-bond donors (Lipinski definition) is 2. The lowest BCUT2D eigenvalue weighted by Gasteiger charge is -2.19. The topological polar surface area (TPSA) is 119 Å². The first kappa shape index (κ1) is 26.4. The monoisotopic (exact) mass is 544 g/mol. The highest BCUT2D eigenvalue weighted by Gasteiger charge is 2.25. The molecular weight excluding hydrogens is 516 g/mol. The van der Waals surface area contributed by atoms with Crippen LogP contribution in [0.5, 0.6) is 5.75 Å². The van der Waals surface area contributed by atoms with Crippen molar-refractivity contribution in [2.24, 2.45) is 0 Å². The molecule has 0 aliphatic rings. The number of fused-ring (bicyclic) bond motifs is 2. The molecule has 1 atom stereocenters. The van der Waals surface area contributed by atoms with Crippen LogP contribution in [0, 0.1) is 13.8 Å². The van der Waals surface area contributed by atoms with Crippen molar-refractivity contribution >= 4 is 37.8 Å². The summed E-state index contributed by atoms with van der Waals surface area (Å²) in [5.74, 6) is -0.593. The normalized spacial score (nSPS) is 12.5. The summed E-state index contributed by atoms with van der Waals surface area (Å²) in [5.41, 5.74) is 4.16. The number of benzene rings is 3. The number of aryl methyl sites for hydroxylation is 2. The maximum atomic E-state index is 13.5. The maximum Gasteiger partial charge on any atom is 0.265 e. The van der Waals surface area contributed by atoms with Gasteiger partial charge in [-0.1, -0.05) is 54.6 Å². The van der Waals surface area contributed by atoms with E-state index in [4.69, 9.17) is 19.2 Å². The van der Waals surface area contributed by atoms with Gasteiger partial charge >= 0.3 is 0 Å². The molecule has 0 aliphatic heterocycles. The van der Waals surface area contributed by atoms with Gasteiger partial charge in [0.15, 0.2) is 5.76 Å². The molecule has 5 rings (SSSR count). The number of sulfonamides is 1. The van der Waals surface area contributed by atoms with Crippen LogP contribution in [0.4, 0.5) is 0 Å². The zero-order chi connectivity index (χ0) is 27.7. The van der Waals surface area contributed by atoms with Gasteiger partial charge in [-0.05, 0) is 50.1 Å². The first-order chi connectivity index (χ1) is 18.7. The number of para-hydroxylation sites is 1. The summed E-state index contributed by atoms with van der Waals surface area (Å²) in [7, 11) is -4.08. The highest BCUT2D eigenvalue weighted by Crippen LogP contribution is 2.38. The number of aliphatic hydroxyl groups excluding tert-OH is 1. The highest BCUT2D eigenvalue weighted by molar-refractivity contribution is 7.90. The van der Waals surface area contributed by atoms with Crippen LogP contribution in [-0.2, 0) is 10.0 Å². The number of hydrogen-bond acceptors (Lipinski definition) is 7. The van der Waals surface area contributed by atoms with Crippen LogP contribution in [0.2, 0.25) is 0 Å². The third-order valence-corrected chi connectivity index (χ3v) is 7.84. The molecule has 0 saturated carbocycles. The van der Waals surface area contributed by atoms with E-state index in [9.17, 15) is 13.2 Å². The number of rotatable bonds is 8. The number of ether oxygens (including phenoxy) is 1. The zero-order valence-corrected chi connectivity index (χ0v) is 22.6. The Hall–Kier alpha value is -4.21. The predicted octanol–water partition coefficient (Wildman–Crippen LogP) is 5.46. The fourth-order valence-electron chi connectivity index (χ4n) is 4.61. The van der Waals surface area contributed by atoms with Gasteiger partial charge in [-0.25, -0.2) is 18.1 Å². The highest BCUT2D eigenvalue weighted by atomic mass is 32.2. The summed E-state index contributed by atoms with van der Waals surface area (Å²) >= 11 is 0. The van der Waals surface area contributed by atoms with Crippen molar-refractivity contribution in [2.45, 2.75) is 26.9 Å². The molecule has 8 nitrogen and oxygen atoms in total. The second-order valence-electron chi connectivity index (χ2n) is 9.36. The summed E-state index contributed by atoms with van der Waals surface area (Å²) in [6.07, 6.45) is -0.358. The minimum atomic E-state index is -4.08. The van der Waals surface area contributed by atoms with E-state index in [0.29, 0.717) is 33.7 Å². The standard InChI is InChI=1S/C30H28N2O6S/c1-18-13-14-26(37-20(3)21-9-5-4-6-10-21)27-23(30(34)32-39(35,36)16-15-33)17-24(31-28(18)27)29-19(2)22-11-7-8-12-25(22)38-29/h4-14,17,20,33H,15-16H2,1-3H3,(H,32,34)/t20-/m1/s1. The molecule has 39 heavy (non-hydrogen) atoms. The average Bonchev–Trinajstić information content (AvgIpc) is 3.26. The average molecular weight is 545 g/mol. The van der Waals surface area contributed by atoms with Gasteiger partial charge < -0.3 is 14.3 Å². The fourth-order valence-corrected chi connectivity index (χ4v) is 5.34. The van der Waals surface area contributed by atoms with E-state index in [1.807, 2.05) is 81.4 Å². The van der Waals surface area contributed by atoms with Gasteiger partial charge in [0.25, 0.3) is 5.91 Å². The summed E-state index contributed by atoms with van der Waals surface area (Å²) in [4.78, 5) is 18.4. The number of aromatic nitrogens is 1. The molecule has 1 amide bonds. The van der Waals surface area contributed by atoms with E-state index in [-0.39, 0.29) is 11.7 Å². The first-order valence-corrected chi connectivity index (χ1v) is 14.1. The quantitative estimate of drug-likeness (QED) is 0.266. The Balaban J connectivity index is 1.72. The predicted molar refractivity (Wildman–Crippen MR) is 150 cm³/mol. The Bertz CT molecular complexity index is 1800. The van der Waals surface area contributed by atoms with Crippen LogP contribution in [0.25, 0.3) is 33.3 Å². The third kappa shape index (κ3) is 5.23. The Labute approximate surface area is 226 Å². The molecule has 5 aromatic rings. The van der Waals surface area contributed by atoms with Gasteiger partial charge in [-0.2, -0.15) is 0 Å². The van der Waals surface area contributed by atoms with Crippen LogP contribution >= 0.6 is 0 Å². The number of carbonyl (C=O) groups excluding carboxylic acids is 1. The van der Waals surface area contributed by atoms with Crippen LogP contribution < -0.4 is 9.46 Å². The summed E-state index contributed by atoms with van der Waals surface area (Å²) in [6.45, 7) is 5.04. The van der Waals surface area contributed by atoms with Gasteiger partial charge in [-0.3, -0.25) is 4.79 Å². The van der Waals surface area contributed by atoms with E-state index in [1.165, 1.54) is 6.07 Å². The Morgan fingerprint density at radius 3 is 2.49 bits per heavy atom. The Morgan fingerprint density at radius 2 is 1.77 bits per heavy atom. The number of amides is 1. The SMILES string of the molecule is Cc1c(-c2cc(C(=O)NS(=O)(=O)CCO)c3c(O[C@H](C)c4ccccc4)ccc(C)c3n2)oc2ccccc12. The van der Waals surface area contributed by atoms with Crippen molar-refractivity contribution < 1.29 is 27.5 Å². The van der Waals surface area contributed by atoms with Crippen molar-refractivity contribution in [1.82, 2.24) is 9.71 Å². The van der Waals surface area contributed by atoms with Gasteiger partial charge in [-0.15, -0.1) is 0 Å². The molecule has 200 valence electrons. The van der Waals surface area contributed by atoms with Crippen LogP contribution in [0.3, 0.4) is 0 Å². The molecule has 0 bridgehead atoms. The number of furan rings is 1. The van der Waals surface area contributed by atoms with Gasteiger partial charge in [0.05, 0.1) is 28.8 Å². The first-order valence-electron chi connectivity index (χ1n) is 12.5. The number of aliphatic hydroxyl groups is 1. The lowest BCUT2D eigenvalue weighted by molar-refractivity contribution is 0.0982. The lowest BCUT2D eigenvalue weighted by Crippen LogP contribution is -2.33. The van der Waals surface area contributed by atoms with Crippen molar-refractivity contribution in [1.29, 1.82) is 0 Å². The lowest BCUT2D eigenvalue weighted by atomic mass is 10.0. The van der Waals surface area contributed by atoms with Crippen LogP contribution in [0.15, 0.2) is 77.2 Å². The fraction of sp³-hybridized carbons (Fsp3) is 0.200. The van der Waals surface area contributed by atoms with E-state index < -0.39 is 28.3 Å². The van der Waals surface area contributed by atoms with Crippen molar-refractivity contribution in [3.05, 3.63) is 95.1 Å². The van der Waals surface area contributed by atoms with Crippen LogP contribution in [-0.4, -0.2) is 36.8 Å². The summed E-state index contributed by atoms with van der Waals surface area (Å²) < 4.78 is 39.4. The third-order valence-electron chi connectivity index (χ3n) is 6.63. The smallest absolute Gasteiger partial charge is 0.265 e. The number of nitrogens with zero attached hydrogens (tertiary/aromatic N) is 1. The van der Waals surface area contributed by atoms with Crippen molar-refractivity contribution in [2.75, 3.05) is 12.4 Å². The molecule has 2 N–H and O–H groups in total. The second kappa shape index (κ2) is 10.5. The number of nitrogens with one attached hydrogen (secondary N) is 1. The molecule has 0 fully saturated rings. The van der Waals surface area contributed by atoms with E-state index in [2.05, 4.69) is 4.72 Å². The van der Waals surface area contributed by atoms with Gasteiger partial charge in [0.2, 0.25) is 10.0 Å². The molecule has 0 saturated heterocycles. The molecule has 0 spiro atoms. The molecule has 2 heterocycles. The minimum absolute atomic E-state index is 0.0651. The van der Waals surface area contributed by atoms with Crippen molar-refractivity contribution in [3.8, 4) is 17.2 Å². The van der Waals surface area contributed by atoms with E-state index in [0.717, 1.165) is 22.1 Å². The Kier molecular flexibility index (Phi) is 7.12. The molecule has 0 unspecified atom stereocenters. The van der Waals surface area contributed by atoms with Gasteiger partial charge in [0, 0.05) is 10.9 Å². The summed E-state index contributed by atoms with van der Waals surface area (Å²) in [6, 6.07) is 22.3. The molecule has 0 aliphatic carbocycles. The number of pyridine rings is 1. The molecule has 3 aromatic carbocycles. The number of carbonyl (C=O) groups is 1. The molecule has 2 aromatic heterocycles. The largest absolute Gasteiger partial charge is 0.485 e. The Morgan fingerprint density at radius 1 is 1.05 bits per heavy atom. The molecule has 0 radical (unpaired) electrons.